The van der Waals surface area contributed by atoms with Crippen molar-refractivity contribution in [2.24, 2.45) is 5.92 Å². The molecular formula is C17H18BrN3O2. The maximum absolute atomic E-state index is 12.2. The molecule has 1 aromatic heterocycles. The van der Waals surface area contributed by atoms with Crippen molar-refractivity contribution in [1.82, 2.24) is 4.98 Å². The lowest BCUT2D eigenvalue weighted by Crippen LogP contribution is -2.28. The van der Waals surface area contributed by atoms with Gasteiger partial charge in [0, 0.05) is 29.3 Å². The first kappa shape index (κ1) is 16.0. The summed E-state index contributed by atoms with van der Waals surface area (Å²) in [5.41, 5.74) is 1.67. The summed E-state index contributed by atoms with van der Waals surface area (Å²) >= 11 is 3.40. The van der Waals surface area contributed by atoms with Crippen molar-refractivity contribution >= 4 is 39.0 Å². The van der Waals surface area contributed by atoms with E-state index in [2.05, 4.69) is 31.5 Å². The van der Waals surface area contributed by atoms with Crippen LogP contribution in [0, 0.1) is 5.92 Å². The Hall–Kier alpha value is -1.92. The fraction of sp³-hybridized carbons (Fsp3) is 0.294. The van der Waals surface area contributed by atoms with Crippen molar-refractivity contribution < 1.29 is 9.53 Å². The third-order valence-electron chi connectivity index (χ3n) is 3.74. The standard InChI is InChI=1S/C17H18BrN3O2/c18-13-1-3-14(4-2-13)20-16-6-5-15(11-19-16)21-17(22)12-7-9-23-10-8-12/h1-6,11-12H,7-10H2,(H,19,20)(H,21,22). The van der Waals surface area contributed by atoms with Gasteiger partial charge in [0.1, 0.15) is 5.82 Å². The van der Waals surface area contributed by atoms with Gasteiger partial charge in [-0.3, -0.25) is 4.79 Å². The van der Waals surface area contributed by atoms with Gasteiger partial charge >= 0.3 is 0 Å². The van der Waals surface area contributed by atoms with Crippen LogP contribution in [0.2, 0.25) is 0 Å². The summed E-state index contributed by atoms with van der Waals surface area (Å²) in [5.74, 6) is 0.810. The maximum atomic E-state index is 12.2. The van der Waals surface area contributed by atoms with Crippen LogP contribution >= 0.6 is 15.9 Å². The topological polar surface area (TPSA) is 63.2 Å². The SMILES string of the molecule is O=C(Nc1ccc(Nc2ccc(Br)cc2)nc1)C1CCOCC1. The Morgan fingerprint density at radius 1 is 1.09 bits per heavy atom. The Bertz CT molecular complexity index is 653. The minimum atomic E-state index is 0.0318. The van der Waals surface area contributed by atoms with Gasteiger partial charge in [-0.1, -0.05) is 15.9 Å². The fourth-order valence-corrected chi connectivity index (χ4v) is 2.69. The van der Waals surface area contributed by atoms with E-state index in [1.54, 1.807) is 6.20 Å². The highest BCUT2D eigenvalue weighted by molar-refractivity contribution is 9.10. The highest BCUT2D eigenvalue weighted by Crippen LogP contribution is 2.20. The predicted octanol–water partition coefficient (Wildman–Crippen LogP) is 3.95. The number of ether oxygens (including phenoxy) is 1. The van der Waals surface area contributed by atoms with Gasteiger partial charge in [0.05, 0.1) is 11.9 Å². The Morgan fingerprint density at radius 2 is 1.78 bits per heavy atom. The summed E-state index contributed by atoms with van der Waals surface area (Å²) in [5, 5.41) is 6.13. The lowest BCUT2D eigenvalue weighted by molar-refractivity contribution is -0.122. The number of hydrogen-bond donors (Lipinski definition) is 2. The normalized spacial score (nSPS) is 15.2. The van der Waals surface area contributed by atoms with Gasteiger partial charge < -0.3 is 15.4 Å². The number of rotatable bonds is 4. The maximum Gasteiger partial charge on any atom is 0.227 e. The van der Waals surface area contributed by atoms with E-state index in [0.717, 1.165) is 28.8 Å². The number of halogens is 1. The molecule has 1 aliphatic rings. The van der Waals surface area contributed by atoms with Crippen LogP contribution in [0.15, 0.2) is 47.1 Å². The van der Waals surface area contributed by atoms with E-state index in [0.29, 0.717) is 18.9 Å². The molecule has 0 spiro atoms. The van der Waals surface area contributed by atoms with Gasteiger partial charge in [0.2, 0.25) is 5.91 Å². The van der Waals surface area contributed by atoms with Crippen molar-refractivity contribution in [3.8, 4) is 0 Å². The van der Waals surface area contributed by atoms with E-state index in [4.69, 9.17) is 4.74 Å². The number of hydrogen-bond acceptors (Lipinski definition) is 4. The van der Waals surface area contributed by atoms with Crippen LogP contribution < -0.4 is 10.6 Å². The number of nitrogens with one attached hydrogen (secondary N) is 2. The number of benzene rings is 1. The molecule has 0 atom stereocenters. The van der Waals surface area contributed by atoms with Crippen LogP contribution in [-0.2, 0) is 9.53 Å². The molecule has 5 nitrogen and oxygen atoms in total. The number of aromatic nitrogens is 1. The molecule has 2 N–H and O–H groups in total. The van der Waals surface area contributed by atoms with Crippen molar-refractivity contribution in [3.63, 3.8) is 0 Å². The molecule has 2 aromatic rings. The summed E-state index contributed by atoms with van der Waals surface area (Å²) in [7, 11) is 0. The average Bonchev–Trinajstić information content (AvgIpc) is 2.59. The largest absolute Gasteiger partial charge is 0.381 e. The van der Waals surface area contributed by atoms with Crippen LogP contribution in [0.1, 0.15) is 12.8 Å². The lowest BCUT2D eigenvalue weighted by Gasteiger charge is -2.21. The highest BCUT2D eigenvalue weighted by atomic mass is 79.9. The van der Waals surface area contributed by atoms with Gasteiger partial charge in [-0.2, -0.15) is 0 Å². The van der Waals surface area contributed by atoms with Crippen molar-refractivity contribution in [3.05, 3.63) is 47.1 Å². The van der Waals surface area contributed by atoms with Crippen molar-refractivity contribution in [1.29, 1.82) is 0 Å². The van der Waals surface area contributed by atoms with Crippen LogP contribution in [-0.4, -0.2) is 24.1 Å². The number of carbonyl (C=O) groups excluding carboxylic acids is 1. The quantitative estimate of drug-likeness (QED) is 0.848. The van der Waals surface area contributed by atoms with Crippen LogP contribution in [0.4, 0.5) is 17.2 Å². The summed E-state index contributed by atoms with van der Waals surface area (Å²) in [4.78, 5) is 16.5. The van der Waals surface area contributed by atoms with Crippen LogP contribution in [0.5, 0.6) is 0 Å². The van der Waals surface area contributed by atoms with Gasteiger partial charge in [0.25, 0.3) is 0 Å². The fourth-order valence-electron chi connectivity index (χ4n) is 2.43. The monoisotopic (exact) mass is 375 g/mol. The number of carbonyl (C=O) groups is 1. The molecule has 6 heteroatoms. The molecule has 0 radical (unpaired) electrons. The van der Waals surface area contributed by atoms with E-state index in [9.17, 15) is 4.79 Å². The molecule has 120 valence electrons. The molecule has 0 saturated carbocycles. The first-order valence-corrected chi connectivity index (χ1v) is 8.37. The van der Waals surface area contributed by atoms with Gasteiger partial charge in [-0.15, -0.1) is 0 Å². The summed E-state index contributed by atoms with van der Waals surface area (Å²) in [6.07, 6.45) is 3.23. The molecule has 3 rings (SSSR count). The molecule has 1 aromatic carbocycles. The minimum absolute atomic E-state index is 0.0318. The summed E-state index contributed by atoms with van der Waals surface area (Å²) in [6.45, 7) is 1.32. The van der Waals surface area contributed by atoms with Gasteiger partial charge in [0.15, 0.2) is 0 Å². The van der Waals surface area contributed by atoms with Crippen LogP contribution in [0.3, 0.4) is 0 Å². The first-order valence-electron chi connectivity index (χ1n) is 7.58. The zero-order valence-electron chi connectivity index (χ0n) is 12.6. The Kier molecular flexibility index (Phi) is 5.25. The number of anilines is 3. The zero-order chi connectivity index (χ0) is 16.1. The second kappa shape index (κ2) is 7.57. The molecule has 1 fully saturated rings. The molecule has 0 bridgehead atoms. The van der Waals surface area contributed by atoms with E-state index in [-0.39, 0.29) is 11.8 Å². The van der Waals surface area contributed by atoms with Gasteiger partial charge in [-0.25, -0.2) is 4.98 Å². The van der Waals surface area contributed by atoms with E-state index >= 15 is 0 Å². The summed E-state index contributed by atoms with van der Waals surface area (Å²) < 4.78 is 6.31. The Labute approximate surface area is 143 Å². The van der Waals surface area contributed by atoms with E-state index < -0.39 is 0 Å². The van der Waals surface area contributed by atoms with Crippen molar-refractivity contribution in [2.75, 3.05) is 23.8 Å². The Morgan fingerprint density at radius 3 is 2.43 bits per heavy atom. The highest BCUT2D eigenvalue weighted by Gasteiger charge is 2.21. The molecule has 1 saturated heterocycles. The van der Waals surface area contributed by atoms with Crippen molar-refractivity contribution in [2.45, 2.75) is 12.8 Å². The molecule has 23 heavy (non-hydrogen) atoms. The zero-order valence-corrected chi connectivity index (χ0v) is 14.2. The second-order valence-electron chi connectivity index (χ2n) is 5.44. The minimum Gasteiger partial charge on any atom is -0.381 e. The van der Waals surface area contributed by atoms with E-state index in [1.807, 2.05) is 36.4 Å². The molecule has 0 aliphatic carbocycles. The van der Waals surface area contributed by atoms with Gasteiger partial charge in [-0.05, 0) is 49.2 Å². The number of amides is 1. The molecule has 1 aliphatic heterocycles. The second-order valence-corrected chi connectivity index (χ2v) is 6.36. The lowest BCUT2D eigenvalue weighted by atomic mass is 9.99. The van der Waals surface area contributed by atoms with E-state index in [1.165, 1.54) is 0 Å². The third kappa shape index (κ3) is 4.53. The Balaban J connectivity index is 1.58. The molecule has 2 heterocycles. The average molecular weight is 376 g/mol. The number of pyridine rings is 1. The predicted molar refractivity (Wildman–Crippen MR) is 93.8 cm³/mol. The van der Waals surface area contributed by atoms with Crippen LogP contribution in [0.25, 0.3) is 0 Å². The molecule has 1 amide bonds. The molecule has 0 unspecified atom stereocenters. The first-order chi connectivity index (χ1) is 11.2. The number of nitrogens with zero attached hydrogens (tertiary/aromatic N) is 1. The smallest absolute Gasteiger partial charge is 0.227 e. The molecular weight excluding hydrogens is 358 g/mol. The summed E-state index contributed by atoms with van der Waals surface area (Å²) in [6, 6.07) is 11.6. The third-order valence-corrected chi connectivity index (χ3v) is 4.27.